The maximum absolute atomic E-state index is 11.0. The number of Topliss-reactive ketones (excluding diaryl/α,β-unsaturated/α-hetero) is 1. The summed E-state index contributed by atoms with van der Waals surface area (Å²) < 4.78 is 0. The molecule has 0 unspecified atom stereocenters. The van der Waals surface area contributed by atoms with Crippen molar-refractivity contribution in [3.63, 3.8) is 0 Å². The van der Waals surface area contributed by atoms with Crippen molar-refractivity contribution in [2.45, 2.75) is 39.5 Å². The predicted octanol–water partition coefficient (Wildman–Crippen LogP) is 2.30. The zero-order valence-corrected chi connectivity index (χ0v) is 7.26. The van der Waals surface area contributed by atoms with Crippen molar-refractivity contribution >= 4 is 5.78 Å². The minimum absolute atomic E-state index is 0.287. The van der Waals surface area contributed by atoms with E-state index < -0.39 is 0 Å². The third-order valence-corrected chi connectivity index (χ3v) is 1.38. The van der Waals surface area contributed by atoms with Gasteiger partial charge in [-0.05, 0) is 12.3 Å². The van der Waals surface area contributed by atoms with E-state index in [4.69, 9.17) is 5.26 Å². The fraction of sp³-hybridized carbons (Fsp3) is 0.778. The fourth-order valence-electron chi connectivity index (χ4n) is 0.922. The molecule has 0 aromatic rings. The summed E-state index contributed by atoms with van der Waals surface area (Å²) in [7, 11) is 0. The smallest absolute Gasteiger partial charge is 0.133 e. The molecule has 0 N–H and O–H groups in total. The molecule has 0 aliphatic rings. The largest absolute Gasteiger partial charge is 0.300 e. The van der Waals surface area contributed by atoms with Crippen molar-refractivity contribution in [3.05, 3.63) is 0 Å². The third-order valence-electron chi connectivity index (χ3n) is 1.38. The minimum Gasteiger partial charge on any atom is -0.300 e. The molecule has 0 saturated heterocycles. The molecule has 0 aliphatic carbocycles. The highest BCUT2D eigenvalue weighted by Crippen LogP contribution is 2.05. The molecule has 0 saturated carbocycles. The van der Waals surface area contributed by atoms with Crippen LogP contribution in [0.25, 0.3) is 0 Å². The van der Waals surface area contributed by atoms with Gasteiger partial charge in [-0.25, -0.2) is 0 Å². The van der Waals surface area contributed by atoms with Crippen LogP contribution in [0.3, 0.4) is 0 Å². The first-order chi connectivity index (χ1) is 5.16. The lowest BCUT2D eigenvalue weighted by atomic mass is 10.0. The van der Waals surface area contributed by atoms with E-state index >= 15 is 0 Å². The van der Waals surface area contributed by atoms with Crippen LogP contribution in [0.4, 0.5) is 0 Å². The first-order valence-electron chi connectivity index (χ1n) is 4.05. The van der Waals surface area contributed by atoms with Gasteiger partial charge in [-0.1, -0.05) is 13.8 Å². The van der Waals surface area contributed by atoms with E-state index in [-0.39, 0.29) is 5.78 Å². The van der Waals surface area contributed by atoms with Crippen LogP contribution in [0.1, 0.15) is 39.5 Å². The van der Waals surface area contributed by atoms with Crippen LogP contribution in [0.5, 0.6) is 0 Å². The van der Waals surface area contributed by atoms with Crippen molar-refractivity contribution in [2.24, 2.45) is 5.92 Å². The van der Waals surface area contributed by atoms with Gasteiger partial charge in [-0.2, -0.15) is 5.26 Å². The standard InChI is InChI=1S/C9H15NO/c1-8(2)7-9(11)5-3-4-6-10/h8H,3-5,7H2,1-2H3. The first-order valence-corrected chi connectivity index (χ1v) is 4.05. The number of rotatable bonds is 5. The van der Waals surface area contributed by atoms with Crippen molar-refractivity contribution < 1.29 is 4.79 Å². The summed E-state index contributed by atoms with van der Waals surface area (Å²) in [5, 5.41) is 8.20. The Hall–Kier alpha value is -0.840. The Morgan fingerprint density at radius 3 is 2.64 bits per heavy atom. The first kappa shape index (κ1) is 10.2. The molecular formula is C9H15NO. The zero-order valence-electron chi connectivity index (χ0n) is 7.26. The van der Waals surface area contributed by atoms with Gasteiger partial charge in [-0.15, -0.1) is 0 Å². The van der Waals surface area contributed by atoms with Crippen LogP contribution in [-0.4, -0.2) is 5.78 Å². The van der Waals surface area contributed by atoms with E-state index in [0.29, 0.717) is 25.2 Å². The van der Waals surface area contributed by atoms with Crippen LogP contribution in [0.15, 0.2) is 0 Å². The Labute approximate surface area is 68.2 Å². The quantitative estimate of drug-likeness (QED) is 0.568. The van der Waals surface area contributed by atoms with Gasteiger partial charge >= 0.3 is 0 Å². The number of hydrogen-bond donors (Lipinski definition) is 0. The molecule has 0 fully saturated rings. The summed E-state index contributed by atoms with van der Waals surface area (Å²) in [4.78, 5) is 11.0. The molecule has 11 heavy (non-hydrogen) atoms. The average Bonchev–Trinajstić information content (AvgIpc) is 1.86. The molecule has 0 atom stereocenters. The van der Waals surface area contributed by atoms with Crippen LogP contribution >= 0.6 is 0 Å². The van der Waals surface area contributed by atoms with E-state index in [1.54, 1.807) is 0 Å². The molecular weight excluding hydrogens is 138 g/mol. The highest BCUT2D eigenvalue weighted by Gasteiger charge is 2.03. The summed E-state index contributed by atoms with van der Waals surface area (Å²) >= 11 is 0. The topological polar surface area (TPSA) is 40.9 Å². The molecule has 0 heterocycles. The summed E-state index contributed by atoms with van der Waals surface area (Å²) in [6.45, 7) is 4.06. The van der Waals surface area contributed by atoms with Gasteiger partial charge in [0.2, 0.25) is 0 Å². The summed E-state index contributed by atoms with van der Waals surface area (Å²) in [5.74, 6) is 0.736. The van der Waals surface area contributed by atoms with E-state index in [2.05, 4.69) is 0 Å². The number of hydrogen-bond acceptors (Lipinski definition) is 2. The maximum Gasteiger partial charge on any atom is 0.133 e. The Morgan fingerprint density at radius 1 is 1.55 bits per heavy atom. The van der Waals surface area contributed by atoms with Gasteiger partial charge in [0.1, 0.15) is 5.78 Å². The average molecular weight is 153 g/mol. The fourth-order valence-corrected chi connectivity index (χ4v) is 0.922. The van der Waals surface area contributed by atoms with Gasteiger partial charge < -0.3 is 0 Å². The number of nitrogens with zero attached hydrogens (tertiary/aromatic N) is 1. The molecule has 0 spiro atoms. The number of ketones is 1. The molecule has 0 aliphatic heterocycles. The van der Waals surface area contributed by atoms with E-state index in [9.17, 15) is 4.79 Å². The van der Waals surface area contributed by atoms with Crippen LogP contribution < -0.4 is 0 Å². The number of nitriles is 1. The second-order valence-electron chi connectivity index (χ2n) is 3.15. The van der Waals surface area contributed by atoms with Gasteiger partial charge in [-0.3, -0.25) is 4.79 Å². The monoisotopic (exact) mass is 153 g/mol. The van der Waals surface area contributed by atoms with E-state index in [1.165, 1.54) is 0 Å². The Kier molecular flexibility index (Phi) is 5.46. The maximum atomic E-state index is 11.0. The van der Waals surface area contributed by atoms with Crippen LogP contribution in [0.2, 0.25) is 0 Å². The lowest BCUT2D eigenvalue weighted by Gasteiger charge is -2.01. The van der Waals surface area contributed by atoms with Crippen molar-refractivity contribution in [1.82, 2.24) is 0 Å². The normalized spacial score (nSPS) is 9.64. The second kappa shape index (κ2) is 5.91. The molecule has 0 rings (SSSR count). The van der Waals surface area contributed by atoms with E-state index in [1.807, 2.05) is 19.9 Å². The summed E-state index contributed by atoms with van der Waals surface area (Å²) in [5.41, 5.74) is 0. The van der Waals surface area contributed by atoms with Crippen LogP contribution in [0, 0.1) is 17.2 Å². The second-order valence-corrected chi connectivity index (χ2v) is 3.15. The van der Waals surface area contributed by atoms with Crippen molar-refractivity contribution in [3.8, 4) is 6.07 Å². The highest BCUT2D eigenvalue weighted by atomic mass is 16.1. The van der Waals surface area contributed by atoms with Crippen LogP contribution in [-0.2, 0) is 4.79 Å². The molecule has 0 radical (unpaired) electrons. The number of unbranched alkanes of at least 4 members (excludes halogenated alkanes) is 1. The summed E-state index contributed by atoms with van der Waals surface area (Å²) in [6.07, 6.45) is 2.46. The van der Waals surface area contributed by atoms with Gasteiger partial charge in [0.25, 0.3) is 0 Å². The number of carbonyl (C=O) groups is 1. The number of carbonyl (C=O) groups excluding carboxylic acids is 1. The molecule has 0 aromatic carbocycles. The molecule has 2 heteroatoms. The van der Waals surface area contributed by atoms with Crippen molar-refractivity contribution in [2.75, 3.05) is 0 Å². The highest BCUT2D eigenvalue weighted by molar-refractivity contribution is 5.78. The summed E-state index contributed by atoms with van der Waals surface area (Å²) in [6, 6.07) is 2.02. The van der Waals surface area contributed by atoms with Gasteiger partial charge in [0.15, 0.2) is 0 Å². The van der Waals surface area contributed by atoms with Gasteiger partial charge in [0, 0.05) is 19.3 Å². The predicted molar refractivity (Wildman–Crippen MR) is 43.9 cm³/mol. The lowest BCUT2D eigenvalue weighted by molar-refractivity contribution is -0.119. The Balaban J connectivity index is 3.32. The van der Waals surface area contributed by atoms with E-state index in [0.717, 1.165) is 6.42 Å². The molecule has 2 nitrogen and oxygen atoms in total. The minimum atomic E-state index is 0.287. The lowest BCUT2D eigenvalue weighted by Crippen LogP contribution is -2.01. The van der Waals surface area contributed by atoms with Crippen molar-refractivity contribution in [1.29, 1.82) is 5.26 Å². The third kappa shape index (κ3) is 7.05. The Bertz CT molecular complexity index is 155. The SMILES string of the molecule is CC(C)CC(=O)CCCC#N. The molecule has 0 aromatic heterocycles. The zero-order chi connectivity index (χ0) is 8.69. The molecule has 62 valence electrons. The molecule has 0 bridgehead atoms. The Morgan fingerprint density at radius 2 is 2.18 bits per heavy atom. The molecule has 0 amide bonds. The van der Waals surface area contributed by atoms with Gasteiger partial charge in [0.05, 0.1) is 6.07 Å².